The molecule has 2 aliphatic carbocycles. The molecule has 0 spiro atoms. The van der Waals surface area contributed by atoms with E-state index in [0.29, 0.717) is 39.0 Å². The highest BCUT2D eigenvalue weighted by Crippen LogP contribution is 2.48. The molecule has 0 unspecified atom stereocenters. The fourth-order valence-corrected chi connectivity index (χ4v) is 5.46. The molecule has 3 fully saturated rings. The minimum Gasteiger partial charge on any atom is -0.444 e. The van der Waals surface area contributed by atoms with Crippen LogP contribution in [-0.4, -0.2) is 74.1 Å². The molecule has 3 aliphatic rings. The van der Waals surface area contributed by atoms with Crippen molar-refractivity contribution < 1.29 is 27.5 Å². The molecule has 0 bridgehead atoms. The summed E-state index contributed by atoms with van der Waals surface area (Å²) in [5.74, 6) is -1.07. The van der Waals surface area contributed by atoms with Crippen LogP contribution >= 0.6 is 0 Å². The van der Waals surface area contributed by atoms with Gasteiger partial charge >= 0.3 is 6.09 Å². The molecule has 2 atom stereocenters. The van der Waals surface area contributed by atoms with Gasteiger partial charge in [-0.05, 0) is 53.0 Å². The normalized spacial score (nSPS) is 28.3. The minimum atomic E-state index is -3.88. The molecule has 2 saturated carbocycles. The summed E-state index contributed by atoms with van der Waals surface area (Å²) >= 11 is 0. The van der Waals surface area contributed by atoms with Gasteiger partial charge in [-0.2, -0.15) is 0 Å². The van der Waals surface area contributed by atoms with Crippen LogP contribution in [0.2, 0.25) is 0 Å². The van der Waals surface area contributed by atoms with Crippen LogP contribution < -0.4 is 10.0 Å². The van der Waals surface area contributed by atoms with Crippen molar-refractivity contribution in [3.8, 4) is 0 Å². The molecule has 3 rings (SSSR count). The van der Waals surface area contributed by atoms with E-state index in [9.17, 15) is 18.0 Å². The van der Waals surface area contributed by atoms with Crippen LogP contribution in [0.4, 0.5) is 4.79 Å². The van der Waals surface area contributed by atoms with E-state index < -0.39 is 37.9 Å². The number of carbonyl (C=O) groups excluding carboxylic acids is 2. The zero-order chi connectivity index (χ0) is 22.2. The maximum Gasteiger partial charge on any atom is 0.408 e. The van der Waals surface area contributed by atoms with Gasteiger partial charge in [0, 0.05) is 19.0 Å². The Hall–Kier alpha value is -1.65. The molecular formula is C20H33N3O6S. The van der Waals surface area contributed by atoms with E-state index in [1.807, 2.05) is 0 Å². The molecule has 0 aromatic heterocycles. The molecule has 9 nitrogen and oxygen atoms in total. The van der Waals surface area contributed by atoms with E-state index in [-0.39, 0.29) is 12.3 Å². The van der Waals surface area contributed by atoms with E-state index in [4.69, 9.17) is 9.47 Å². The Morgan fingerprint density at radius 2 is 1.90 bits per heavy atom. The summed E-state index contributed by atoms with van der Waals surface area (Å²) in [4.78, 5) is 27.4. The average molecular weight is 444 g/mol. The predicted octanol–water partition coefficient (Wildman–Crippen LogP) is 1.16. The van der Waals surface area contributed by atoms with Crippen molar-refractivity contribution in [3.63, 3.8) is 0 Å². The Kier molecular flexibility index (Phi) is 6.23. The van der Waals surface area contributed by atoms with Gasteiger partial charge < -0.3 is 14.8 Å². The third kappa shape index (κ3) is 4.97. The summed E-state index contributed by atoms with van der Waals surface area (Å²) < 4.78 is 38.0. The molecule has 1 heterocycles. The molecule has 30 heavy (non-hydrogen) atoms. The zero-order valence-electron chi connectivity index (χ0n) is 18.0. The zero-order valence-corrected chi connectivity index (χ0v) is 18.8. The number of alkyl carbamates (subject to hydrolysis) is 1. The number of ether oxygens (including phenoxy) is 2. The first-order valence-electron chi connectivity index (χ1n) is 10.4. The number of morpholine rings is 1. The van der Waals surface area contributed by atoms with E-state index in [1.165, 1.54) is 0 Å². The van der Waals surface area contributed by atoms with Crippen molar-refractivity contribution >= 4 is 22.0 Å². The number of rotatable bonds is 8. The van der Waals surface area contributed by atoms with Gasteiger partial charge in [-0.1, -0.05) is 6.08 Å². The molecular weight excluding hydrogens is 410 g/mol. The lowest BCUT2D eigenvalue weighted by Crippen LogP contribution is -2.54. The second-order valence-electron chi connectivity index (χ2n) is 9.47. The van der Waals surface area contributed by atoms with Gasteiger partial charge in [-0.25, -0.2) is 13.2 Å². The SMILES string of the molecule is C=C[C@@H]1C[C@]1(NC(=O)OC(C)(C)C)C(=O)NS(=O)(=O)C1(CCN2CCOCC2)CC1. The van der Waals surface area contributed by atoms with Gasteiger partial charge in [-0.3, -0.25) is 14.4 Å². The van der Waals surface area contributed by atoms with Crippen LogP contribution in [0.5, 0.6) is 0 Å². The topological polar surface area (TPSA) is 114 Å². The number of nitrogens with one attached hydrogen (secondary N) is 2. The van der Waals surface area contributed by atoms with E-state index >= 15 is 0 Å². The highest BCUT2D eigenvalue weighted by molar-refractivity contribution is 7.91. The highest BCUT2D eigenvalue weighted by Gasteiger charge is 2.63. The van der Waals surface area contributed by atoms with Crippen molar-refractivity contribution in [2.45, 2.75) is 62.3 Å². The fourth-order valence-electron chi connectivity index (χ4n) is 3.82. The minimum absolute atomic E-state index is 0.290. The van der Waals surface area contributed by atoms with Crippen molar-refractivity contribution in [1.29, 1.82) is 0 Å². The van der Waals surface area contributed by atoms with Gasteiger partial charge in [0.15, 0.2) is 0 Å². The second-order valence-corrected chi connectivity index (χ2v) is 11.5. The first kappa shape index (κ1) is 23.0. The van der Waals surface area contributed by atoms with Gasteiger partial charge in [-0.15, -0.1) is 6.58 Å². The lowest BCUT2D eigenvalue weighted by molar-refractivity contribution is -0.122. The van der Waals surface area contributed by atoms with Crippen LogP contribution in [0.25, 0.3) is 0 Å². The van der Waals surface area contributed by atoms with Crippen molar-refractivity contribution in [1.82, 2.24) is 14.9 Å². The summed E-state index contributed by atoms with van der Waals surface area (Å²) in [6.45, 7) is 12.3. The first-order chi connectivity index (χ1) is 13.9. The summed E-state index contributed by atoms with van der Waals surface area (Å²) in [6, 6.07) is 0. The molecule has 2 N–H and O–H groups in total. The number of sulfonamides is 1. The molecule has 0 aromatic rings. The lowest BCUT2D eigenvalue weighted by atomic mass is 10.2. The largest absolute Gasteiger partial charge is 0.444 e. The monoisotopic (exact) mass is 443 g/mol. The first-order valence-corrected chi connectivity index (χ1v) is 11.9. The molecule has 10 heteroatoms. The summed E-state index contributed by atoms with van der Waals surface area (Å²) in [6.07, 6.45) is 2.60. The van der Waals surface area contributed by atoms with Crippen LogP contribution in [0.1, 0.15) is 46.5 Å². The Labute approximate surface area is 178 Å². The fraction of sp³-hybridized carbons (Fsp3) is 0.800. The Balaban J connectivity index is 1.63. The van der Waals surface area contributed by atoms with E-state index in [0.717, 1.165) is 13.1 Å². The molecule has 2 amide bonds. The number of amides is 2. The number of carbonyl (C=O) groups is 2. The maximum absolute atomic E-state index is 13.0. The van der Waals surface area contributed by atoms with Crippen LogP contribution in [-0.2, 0) is 24.3 Å². The van der Waals surface area contributed by atoms with E-state index in [1.54, 1.807) is 26.8 Å². The summed E-state index contributed by atoms with van der Waals surface area (Å²) in [7, 11) is -3.88. The number of hydrogen-bond acceptors (Lipinski definition) is 7. The van der Waals surface area contributed by atoms with E-state index in [2.05, 4.69) is 21.5 Å². The van der Waals surface area contributed by atoms with Gasteiger partial charge in [0.2, 0.25) is 10.0 Å². The predicted molar refractivity (Wildman–Crippen MR) is 111 cm³/mol. The quantitative estimate of drug-likeness (QED) is 0.541. The van der Waals surface area contributed by atoms with Crippen molar-refractivity contribution in [2.24, 2.45) is 5.92 Å². The standard InChI is InChI=1S/C20H33N3O6S/c1-5-15-14-20(15,21-17(25)29-18(2,3)4)16(24)22-30(26,27)19(6-7-19)8-9-23-10-12-28-13-11-23/h5,15H,1,6-14H2,2-4H3,(H,21,25)(H,22,24)/t15-,20-/m1/s1. The Morgan fingerprint density at radius 3 is 2.40 bits per heavy atom. The van der Waals surface area contributed by atoms with Crippen LogP contribution in [0.15, 0.2) is 12.7 Å². The van der Waals surface area contributed by atoms with Gasteiger partial charge in [0.1, 0.15) is 11.1 Å². The van der Waals surface area contributed by atoms with Gasteiger partial charge in [0.25, 0.3) is 5.91 Å². The van der Waals surface area contributed by atoms with Crippen molar-refractivity contribution in [3.05, 3.63) is 12.7 Å². The van der Waals surface area contributed by atoms with Crippen LogP contribution in [0.3, 0.4) is 0 Å². The Bertz CT molecular complexity index is 796. The number of hydrogen-bond donors (Lipinski definition) is 2. The lowest BCUT2D eigenvalue weighted by Gasteiger charge is -2.28. The molecule has 1 aliphatic heterocycles. The van der Waals surface area contributed by atoms with Crippen molar-refractivity contribution in [2.75, 3.05) is 32.8 Å². The van der Waals surface area contributed by atoms with Crippen LogP contribution in [0, 0.1) is 5.92 Å². The molecule has 0 radical (unpaired) electrons. The maximum atomic E-state index is 13.0. The third-order valence-corrected chi connectivity index (χ3v) is 8.23. The summed E-state index contributed by atoms with van der Waals surface area (Å²) in [5, 5.41) is 2.57. The third-order valence-electron chi connectivity index (χ3n) is 6.02. The average Bonchev–Trinajstić information content (AvgIpc) is 3.54. The van der Waals surface area contributed by atoms with Gasteiger partial charge in [0.05, 0.1) is 18.0 Å². The smallest absolute Gasteiger partial charge is 0.408 e. The molecule has 170 valence electrons. The Morgan fingerprint density at radius 1 is 1.27 bits per heavy atom. The molecule has 1 saturated heterocycles. The number of nitrogens with zero attached hydrogens (tertiary/aromatic N) is 1. The molecule has 0 aromatic carbocycles. The summed E-state index contributed by atoms with van der Waals surface area (Å²) in [5.41, 5.74) is -2.07. The second kappa shape index (κ2) is 8.12. The highest BCUT2D eigenvalue weighted by atomic mass is 32.2.